The van der Waals surface area contributed by atoms with Gasteiger partial charge in [0.15, 0.2) is 0 Å². The van der Waals surface area contributed by atoms with Gasteiger partial charge in [-0.05, 0) is 12.1 Å². The molecule has 1 rings (SSSR count). The topological polar surface area (TPSA) is 26.3 Å². The van der Waals surface area contributed by atoms with Crippen molar-refractivity contribution < 1.29 is 21.6 Å². The molecule has 0 heterocycles. The largest absolute Gasteiger partial charge is 0.507 e. The van der Waals surface area contributed by atoms with Crippen molar-refractivity contribution in [1.29, 1.82) is 0 Å². The van der Waals surface area contributed by atoms with Gasteiger partial charge < -0.3 is 4.18 Å². The van der Waals surface area contributed by atoms with Gasteiger partial charge >= 0.3 is 5.51 Å². The van der Waals surface area contributed by atoms with E-state index in [0.29, 0.717) is 0 Å². The van der Waals surface area contributed by atoms with Crippen molar-refractivity contribution in [3.05, 3.63) is 30.3 Å². The van der Waals surface area contributed by atoms with E-state index in [1.54, 1.807) is 6.07 Å². The van der Waals surface area contributed by atoms with Crippen molar-refractivity contribution in [2.75, 3.05) is 0 Å². The van der Waals surface area contributed by atoms with Gasteiger partial charge in [0.05, 0.1) is 0 Å². The molecule has 0 amide bonds. The summed E-state index contributed by atoms with van der Waals surface area (Å²) < 4.78 is 51.1. The van der Waals surface area contributed by atoms with Gasteiger partial charge in [-0.25, -0.2) is 4.21 Å². The molecule has 7 heteroatoms. The second kappa shape index (κ2) is 3.74. The van der Waals surface area contributed by atoms with Crippen LogP contribution in [0.2, 0.25) is 0 Å². The second-order valence-corrected chi connectivity index (χ2v) is 5.15. The summed E-state index contributed by atoms with van der Waals surface area (Å²) in [5.74, 6) is -0.162. The van der Waals surface area contributed by atoms with E-state index in [0.717, 1.165) is 0 Å². The zero-order chi connectivity index (χ0) is 10.8. The van der Waals surface area contributed by atoms with E-state index in [4.69, 9.17) is 0 Å². The first kappa shape index (κ1) is 11.3. The Morgan fingerprint density at radius 3 is 2.14 bits per heavy atom. The summed E-state index contributed by atoms with van der Waals surface area (Å²) in [6, 6.07) is 6.99. The van der Waals surface area contributed by atoms with Crippen molar-refractivity contribution in [2.24, 2.45) is 0 Å². The molecule has 0 aliphatic rings. The van der Waals surface area contributed by atoms with Crippen LogP contribution in [0.5, 0.6) is 5.75 Å². The number of hydrogen-bond acceptors (Lipinski definition) is 3. The molecule has 0 aliphatic carbocycles. The fraction of sp³-hybridized carbons (Fsp3) is 0.143. The minimum Gasteiger partial charge on any atom is -0.395 e. The van der Waals surface area contributed by atoms with Crippen molar-refractivity contribution in [3.63, 3.8) is 0 Å². The molecule has 0 bridgehead atoms. The lowest BCUT2D eigenvalue weighted by atomic mass is 10.3. The van der Waals surface area contributed by atoms with Gasteiger partial charge in [0, 0.05) is 11.2 Å². The lowest BCUT2D eigenvalue weighted by Crippen LogP contribution is -2.26. The zero-order valence-corrected chi connectivity index (χ0v) is 8.29. The van der Waals surface area contributed by atoms with Gasteiger partial charge in [0.25, 0.3) is 8.77 Å². The number of benzene rings is 1. The van der Waals surface area contributed by atoms with Crippen LogP contribution in [0, 0.1) is 0 Å². The minimum atomic E-state index is -5.03. The monoisotopic (exact) mass is 242 g/mol. The van der Waals surface area contributed by atoms with E-state index in [9.17, 15) is 17.4 Å². The first-order valence-corrected chi connectivity index (χ1v) is 5.79. The summed E-state index contributed by atoms with van der Waals surface area (Å²) in [7, 11) is -4.72. The molecule has 14 heavy (non-hydrogen) atoms. The van der Waals surface area contributed by atoms with E-state index in [1.807, 2.05) is 0 Å². The van der Waals surface area contributed by atoms with E-state index < -0.39 is 14.3 Å². The van der Waals surface area contributed by atoms with Gasteiger partial charge in [0.1, 0.15) is 5.75 Å². The van der Waals surface area contributed by atoms with Crippen LogP contribution in [0.1, 0.15) is 0 Å². The highest BCUT2D eigenvalue weighted by Crippen LogP contribution is 2.26. The summed E-state index contributed by atoms with van der Waals surface area (Å²) in [6.07, 6.45) is 0. The average molecular weight is 242 g/mol. The molecule has 0 aliphatic heterocycles. The average Bonchev–Trinajstić information content (AvgIpc) is 2.03. The maximum Gasteiger partial charge on any atom is 0.507 e. The molecule has 0 spiro atoms. The molecule has 0 radical (unpaired) electrons. The van der Waals surface area contributed by atoms with Crippen LogP contribution in [-0.4, -0.2) is 9.72 Å². The predicted octanol–water partition coefficient (Wildman–Crippen LogP) is 2.25. The third kappa shape index (κ3) is 2.58. The number of alkyl halides is 3. The maximum absolute atomic E-state index is 12.0. The van der Waals surface area contributed by atoms with Gasteiger partial charge in [0.2, 0.25) is 0 Å². The van der Waals surface area contributed by atoms with Gasteiger partial charge in [-0.3, -0.25) is 0 Å². The smallest absolute Gasteiger partial charge is 0.395 e. The van der Waals surface area contributed by atoms with Crippen molar-refractivity contribution in [1.82, 2.24) is 0 Å². The van der Waals surface area contributed by atoms with E-state index in [2.05, 4.69) is 15.4 Å². The highest BCUT2D eigenvalue weighted by atomic mass is 32.8. The fourth-order valence-electron chi connectivity index (χ4n) is 0.650. The molecule has 1 aromatic carbocycles. The number of rotatable bonds is 2. The normalized spacial score (nSPS) is 15.9. The molecule has 1 atom stereocenters. The maximum atomic E-state index is 12.0. The number of hydrogen-bond donors (Lipinski definition) is 0. The first-order valence-electron chi connectivity index (χ1n) is 3.39. The van der Waals surface area contributed by atoms with E-state index in [-0.39, 0.29) is 5.75 Å². The predicted molar refractivity (Wildman–Crippen MR) is 48.6 cm³/mol. The summed E-state index contributed by atoms with van der Waals surface area (Å²) in [6.45, 7) is 0. The van der Waals surface area contributed by atoms with Crippen LogP contribution in [-0.2, 0) is 20.0 Å². The Bertz CT molecular complexity index is 397. The van der Waals surface area contributed by atoms with Crippen molar-refractivity contribution >= 4 is 20.0 Å². The standard InChI is InChI=1S/C7H5F3O2S2/c8-7(9,10)14(11,13)12-6-4-2-1-3-5-6/h1-5H. The van der Waals surface area contributed by atoms with Gasteiger partial charge in [-0.2, -0.15) is 13.2 Å². The van der Waals surface area contributed by atoms with Crippen LogP contribution < -0.4 is 4.18 Å². The third-order valence-corrected chi connectivity index (χ3v) is 2.98. The van der Waals surface area contributed by atoms with Crippen LogP contribution in [0.3, 0.4) is 0 Å². The zero-order valence-electron chi connectivity index (χ0n) is 6.65. The Morgan fingerprint density at radius 2 is 1.71 bits per heavy atom. The molecule has 78 valence electrons. The molecule has 0 N–H and O–H groups in total. The lowest BCUT2D eigenvalue weighted by Gasteiger charge is -2.11. The van der Waals surface area contributed by atoms with Crippen molar-refractivity contribution in [3.8, 4) is 5.75 Å². The van der Waals surface area contributed by atoms with Crippen molar-refractivity contribution in [2.45, 2.75) is 5.51 Å². The fourth-order valence-corrected chi connectivity index (χ4v) is 1.34. The Hall–Kier alpha value is -0.820. The molecule has 0 fully saturated rings. The highest BCUT2D eigenvalue weighted by Gasteiger charge is 2.44. The molecule has 1 unspecified atom stereocenters. The molecule has 0 saturated carbocycles. The summed E-state index contributed by atoms with van der Waals surface area (Å²) in [5, 5.41) is 0. The molecule has 1 aromatic rings. The van der Waals surface area contributed by atoms with E-state index >= 15 is 0 Å². The van der Waals surface area contributed by atoms with Crippen LogP contribution in [0.25, 0.3) is 0 Å². The highest BCUT2D eigenvalue weighted by molar-refractivity contribution is 8.30. The Balaban J connectivity index is 2.91. The Kier molecular flexibility index (Phi) is 3.01. The van der Waals surface area contributed by atoms with Crippen LogP contribution in [0.15, 0.2) is 30.3 Å². The van der Waals surface area contributed by atoms with Crippen LogP contribution in [0.4, 0.5) is 13.2 Å². The SMILES string of the molecule is O=S(=S)(Oc1ccccc1)C(F)(F)F. The summed E-state index contributed by atoms with van der Waals surface area (Å²) in [5.41, 5.74) is -5.03. The van der Waals surface area contributed by atoms with E-state index in [1.165, 1.54) is 24.3 Å². The molecular weight excluding hydrogens is 237 g/mol. The minimum absolute atomic E-state index is 0.162. The molecule has 0 aromatic heterocycles. The van der Waals surface area contributed by atoms with Gasteiger partial charge in [-0.1, -0.05) is 18.2 Å². The quantitative estimate of drug-likeness (QED) is 0.795. The van der Waals surface area contributed by atoms with Crippen LogP contribution >= 0.6 is 0 Å². The molecule has 0 saturated heterocycles. The first-order chi connectivity index (χ1) is 6.33. The molecular formula is C7H5F3O2S2. The third-order valence-electron chi connectivity index (χ3n) is 1.23. The number of para-hydroxylation sites is 1. The lowest BCUT2D eigenvalue weighted by molar-refractivity contribution is -0.0443. The number of halogens is 3. The molecule has 2 nitrogen and oxygen atoms in total. The second-order valence-electron chi connectivity index (χ2n) is 2.30. The summed E-state index contributed by atoms with van der Waals surface area (Å²) in [4.78, 5) is 0. The van der Waals surface area contributed by atoms with Gasteiger partial charge in [-0.15, -0.1) is 0 Å². The Morgan fingerprint density at radius 1 is 1.21 bits per heavy atom. The summed E-state index contributed by atoms with van der Waals surface area (Å²) >= 11 is 3.84. The Labute approximate surface area is 83.6 Å².